The van der Waals surface area contributed by atoms with Crippen LogP contribution in [0.4, 0.5) is 0 Å². The fraction of sp³-hybridized carbons (Fsp3) is 0.462. The monoisotopic (exact) mass is 290 g/mol. The fourth-order valence-electron chi connectivity index (χ4n) is 2.23. The Labute approximate surface area is 116 Å². The van der Waals surface area contributed by atoms with Crippen LogP contribution in [0.15, 0.2) is 18.2 Å². The van der Waals surface area contributed by atoms with Crippen molar-refractivity contribution in [2.24, 2.45) is 11.8 Å². The van der Waals surface area contributed by atoms with Crippen molar-refractivity contribution >= 4 is 29.2 Å². The van der Waals surface area contributed by atoms with Crippen molar-refractivity contribution in [3.8, 4) is 0 Å². The quantitative estimate of drug-likeness (QED) is 0.891. The minimum atomic E-state index is -1.58. The van der Waals surface area contributed by atoms with Gasteiger partial charge in [0.15, 0.2) is 0 Å². The molecule has 0 aliphatic heterocycles. The Morgan fingerprint density at radius 1 is 1.33 bits per heavy atom. The molecule has 0 bridgehead atoms. The molecule has 2 unspecified atom stereocenters. The molecule has 1 aromatic rings. The van der Waals surface area contributed by atoms with Gasteiger partial charge < -0.3 is 10.2 Å². The molecule has 0 radical (unpaired) electrons. The second-order valence-electron chi connectivity index (χ2n) is 4.83. The number of benzene rings is 1. The molecule has 1 rings (SSSR count). The van der Waals surface area contributed by atoms with Gasteiger partial charge in [0.25, 0.3) is 0 Å². The van der Waals surface area contributed by atoms with E-state index in [1.54, 1.807) is 26.0 Å². The number of carboxylic acids is 1. The van der Waals surface area contributed by atoms with Crippen LogP contribution in [-0.2, 0) is 10.4 Å². The van der Waals surface area contributed by atoms with Crippen LogP contribution in [0.25, 0.3) is 0 Å². The van der Waals surface area contributed by atoms with Gasteiger partial charge in [0.1, 0.15) is 5.60 Å². The fourth-order valence-corrected chi connectivity index (χ4v) is 2.71. The Bertz CT molecular complexity index is 456. The lowest BCUT2D eigenvalue weighted by Crippen LogP contribution is -2.40. The van der Waals surface area contributed by atoms with Gasteiger partial charge in [0.05, 0.1) is 5.92 Å². The molecule has 0 saturated heterocycles. The smallest absolute Gasteiger partial charge is 0.310 e. The average molecular weight is 291 g/mol. The van der Waals surface area contributed by atoms with Crippen LogP contribution in [0.3, 0.4) is 0 Å². The second kappa shape index (κ2) is 5.47. The van der Waals surface area contributed by atoms with Crippen molar-refractivity contribution in [2.75, 3.05) is 0 Å². The van der Waals surface area contributed by atoms with E-state index in [-0.39, 0.29) is 5.92 Å². The summed E-state index contributed by atoms with van der Waals surface area (Å²) in [5, 5.41) is 20.5. The Morgan fingerprint density at radius 3 is 2.33 bits per heavy atom. The first-order chi connectivity index (χ1) is 8.17. The maximum absolute atomic E-state index is 11.3. The lowest BCUT2D eigenvalue weighted by molar-refractivity contribution is -0.155. The van der Waals surface area contributed by atoms with E-state index in [0.29, 0.717) is 15.6 Å². The number of hydrogen-bond donors (Lipinski definition) is 2. The number of aliphatic carboxylic acids is 1. The number of aliphatic hydroxyl groups is 1. The highest BCUT2D eigenvalue weighted by molar-refractivity contribution is 6.33. The van der Waals surface area contributed by atoms with Gasteiger partial charge in [-0.1, -0.05) is 37.0 Å². The maximum atomic E-state index is 11.3. The van der Waals surface area contributed by atoms with Crippen molar-refractivity contribution in [3.63, 3.8) is 0 Å². The van der Waals surface area contributed by atoms with Crippen LogP contribution in [0.5, 0.6) is 0 Å². The van der Waals surface area contributed by atoms with Gasteiger partial charge >= 0.3 is 5.97 Å². The molecule has 0 saturated carbocycles. The molecule has 3 nitrogen and oxygen atoms in total. The first kappa shape index (κ1) is 15.3. The molecule has 0 aromatic heterocycles. The molecule has 0 aliphatic rings. The van der Waals surface area contributed by atoms with Gasteiger partial charge in [0, 0.05) is 15.6 Å². The van der Waals surface area contributed by atoms with Gasteiger partial charge in [-0.15, -0.1) is 0 Å². The van der Waals surface area contributed by atoms with E-state index in [9.17, 15) is 15.0 Å². The Kier molecular flexibility index (Phi) is 4.65. The number of carbonyl (C=O) groups is 1. The SMILES string of the molecule is CC(C)C(C(=O)O)C(C)(O)c1cc(Cl)ccc1Cl. The van der Waals surface area contributed by atoms with Crippen LogP contribution in [0.2, 0.25) is 10.0 Å². The Hall–Kier alpha value is -0.770. The van der Waals surface area contributed by atoms with Gasteiger partial charge in [-0.05, 0) is 31.0 Å². The zero-order valence-corrected chi connectivity index (χ0v) is 12.0. The van der Waals surface area contributed by atoms with Gasteiger partial charge in [0.2, 0.25) is 0 Å². The largest absolute Gasteiger partial charge is 0.481 e. The zero-order chi connectivity index (χ0) is 14.1. The molecule has 100 valence electrons. The molecule has 0 heterocycles. The summed E-state index contributed by atoms with van der Waals surface area (Å²) in [7, 11) is 0. The van der Waals surface area contributed by atoms with E-state index in [0.717, 1.165) is 0 Å². The minimum absolute atomic E-state index is 0.243. The van der Waals surface area contributed by atoms with Gasteiger partial charge in [-0.25, -0.2) is 0 Å². The molecule has 5 heteroatoms. The Morgan fingerprint density at radius 2 is 1.89 bits per heavy atom. The molecule has 18 heavy (non-hydrogen) atoms. The Balaban J connectivity index is 3.34. The molecule has 2 N–H and O–H groups in total. The third-order valence-electron chi connectivity index (χ3n) is 3.01. The highest BCUT2D eigenvalue weighted by Gasteiger charge is 2.42. The van der Waals surface area contributed by atoms with Crippen LogP contribution in [-0.4, -0.2) is 16.2 Å². The minimum Gasteiger partial charge on any atom is -0.481 e. The number of halogens is 2. The second-order valence-corrected chi connectivity index (χ2v) is 5.68. The molecule has 0 amide bonds. The summed E-state index contributed by atoms with van der Waals surface area (Å²) < 4.78 is 0. The predicted molar refractivity (Wildman–Crippen MR) is 72.0 cm³/mol. The van der Waals surface area contributed by atoms with E-state index in [2.05, 4.69) is 0 Å². The van der Waals surface area contributed by atoms with Crippen molar-refractivity contribution in [1.82, 2.24) is 0 Å². The summed E-state index contributed by atoms with van der Waals surface area (Å²) in [4.78, 5) is 11.3. The van der Waals surface area contributed by atoms with Crippen LogP contribution >= 0.6 is 23.2 Å². The first-order valence-corrected chi connectivity index (χ1v) is 6.34. The van der Waals surface area contributed by atoms with E-state index >= 15 is 0 Å². The van der Waals surface area contributed by atoms with Crippen molar-refractivity contribution in [2.45, 2.75) is 26.4 Å². The number of hydrogen-bond acceptors (Lipinski definition) is 2. The maximum Gasteiger partial charge on any atom is 0.310 e. The highest BCUT2D eigenvalue weighted by Crippen LogP contribution is 2.39. The number of rotatable bonds is 4. The van der Waals surface area contributed by atoms with Crippen molar-refractivity contribution in [3.05, 3.63) is 33.8 Å². The van der Waals surface area contributed by atoms with Crippen molar-refractivity contribution < 1.29 is 15.0 Å². The molecule has 0 spiro atoms. The molecule has 1 aromatic carbocycles. The molecular weight excluding hydrogens is 275 g/mol. The third kappa shape index (κ3) is 2.97. The lowest BCUT2D eigenvalue weighted by atomic mass is 9.76. The summed E-state index contributed by atoms with van der Waals surface area (Å²) >= 11 is 11.9. The summed E-state index contributed by atoms with van der Waals surface area (Å²) in [6.07, 6.45) is 0. The first-order valence-electron chi connectivity index (χ1n) is 5.58. The van der Waals surface area contributed by atoms with Crippen LogP contribution in [0, 0.1) is 11.8 Å². The predicted octanol–water partition coefficient (Wildman–Crippen LogP) is 3.56. The van der Waals surface area contributed by atoms with Gasteiger partial charge in [-0.3, -0.25) is 4.79 Å². The van der Waals surface area contributed by atoms with Crippen LogP contribution < -0.4 is 0 Å². The number of carboxylic acid groups (broad SMARTS) is 1. The molecule has 0 aliphatic carbocycles. The van der Waals surface area contributed by atoms with E-state index < -0.39 is 17.5 Å². The van der Waals surface area contributed by atoms with Crippen molar-refractivity contribution in [1.29, 1.82) is 0 Å². The topological polar surface area (TPSA) is 57.5 Å². The highest BCUT2D eigenvalue weighted by atomic mass is 35.5. The standard InChI is InChI=1S/C13H16Cl2O3/c1-7(2)11(12(16)17)13(3,18)9-6-8(14)4-5-10(9)15/h4-7,11,18H,1-3H3,(H,16,17). The van der Waals surface area contributed by atoms with E-state index in [1.165, 1.54) is 13.0 Å². The molecule has 2 atom stereocenters. The summed E-state index contributed by atoms with van der Waals surface area (Å²) in [5.74, 6) is -2.27. The summed E-state index contributed by atoms with van der Waals surface area (Å²) in [5.41, 5.74) is -1.25. The molecular formula is C13H16Cl2O3. The lowest BCUT2D eigenvalue weighted by Gasteiger charge is -2.33. The van der Waals surface area contributed by atoms with E-state index in [1.807, 2.05) is 0 Å². The summed E-state index contributed by atoms with van der Waals surface area (Å²) in [6.45, 7) is 4.93. The molecule has 0 fully saturated rings. The normalized spacial score (nSPS) is 16.4. The third-order valence-corrected chi connectivity index (χ3v) is 3.58. The van der Waals surface area contributed by atoms with Gasteiger partial charge in [-0.2, -0.15) is 0 Å². The summed E-state index contributed by atoms with van der Waals surface area (Å²) in [6, 6.07) is 4.64. The van der Waals surface area contributed by atoms with Crippen LogP contribution in [0.1, 0.15) is 26.3 Å². The zero-order valence-electron chi connectivity index (χ0n) is 10.4. The average Bonchev–Trinajstić information content (AvgIpc) is 2.19. The van der Waals surface area contributed by atoms with E-state index in [4.69, 9.17) is 23.2 Å².